The van der Waals surface area contributed by atoms with Gasteiger partial charge >= 0.3 is 5.97 Å². The van der Waals surface area contributed by atoms with Crippen LogP contribution in [0.25, 0.3) is 0 Å². The second-order valence-corrected chi connectivity index (χ2v) is 3.51. The van der Waals surface area contributed by atoms with Crippen molar-refractivity contribution in [3.8, 4) is 6.07 Å². The minimum atomic E-state index is -0.225. The van der Waals surface area contributed by atoms with Crippen molar-refractivity contribution in [3.05, 3.63) is 0 Å². The van der Waals surface area contributed by atoms with Gasteiger partial charge in [-0.1, -0.05) is 13.8 Å². The van der Waals surface area contributed by atoms with Crippen molar-refractivity contribution in [3.63, 3.8) is 0 Å². The lowest BCUT2D eigenvalue weighted by Crippen LogP contribution is -2.10. The van der Waals surface area contributed by atoms with Gasteiger partial charge in [-0.25, -0.2) is 0 Å². The van der Waals surface area contributed by atoms with Crippen molar-refractivity contribution in [2.45, 2.75) is 20.3 Å². The van der Waals surface area contributed by atoms with Crippen LogP contribution in [0.5, 0.6) is 0 Å². The van der Waals surface area contributed by atoms with Crippen LogP contribution in [0, 0.1) is 22.7 Å². The first-order chi connectivity index (χ1) is 5.08. The number of hydrogen-bond acceptors (Lipinski definition) is 3. The first-order valence-corrected chi connectivity index (χ1v) is 3.61. The Hall–Kier alpha value is -1.04. The number of rotatable bonds is 2. The van der Waals surface area contributed by atoms with Crippen LogP contribution in [0.3, 0.4) is 0 Å². The maximum atomic E-state index is 11.0. The number of carbonyl (C=O) groups excluding carboxylic acids is 1. The summed E-state index contributed by atoms with van der Waals surface area (Å²) in [6, 6.07) is 1.77. The van der Waals surface area contributed by atoms with Crippen LogP contribution in [0.1, 0.15) is 20.3 Å². The summed E-state index contributed by atoms with van der Waals surface area (Å²) in [5.74, 6) is -0.201. The molecule has 0 bridgehead atoms. The second kappa shape index (κ2) is 2.54. The Kier molecular flexibility index (Phi) is 1.86. The number of carbonyl (C=O) groups is 1. The molecule has 0 radical (unpaired) electrons. The summed E-state index contributed by atoms with van der Waals surface area (Å²) in [6.07, 6.45) is 0.886. The Morgan fingerprint density at radius 2 is 2.36 bits per heavy atom. The van der Waals surface area contributed by atoms with Gasteiger partial charge in [0.05, 0.1) is 5.92 Å². The van der Waals surface area contributed by atoms with E-state index in [1.807, 2.05) is 13.8 Å². The Morgan fingerprint density at radius 1 is 1.82 bits per heavy atom. The van der Waals surface area contributed by atoms with E-state index >= 15 is 0 Å². The van der Waals surface area contributed by atoms with Crippen LogP contribution in [0.15, 0.2) is 0 Å². The molecule has 0 aromatic heterocycles. The number of ether oxygens (including phenoxy) is 1. The van der Waals surface area contributed by atoms with Crippen molar-refractivity contribution in [1.82, 2.24) is 0 Å². The van der Waals surface area contributed by atoms with Gasteiger partial charge in [0.15, 0.2) is 6.61 Å². The number of nitrogens with zero attached hydrogens (tertiary/aromatic N) is 1. The molecule has 0 saturated heterocycles. The van der Waals surface area contributed by atoms with Gasteiger partial charge in [0, 0.05) is 0 Å². The van der Waals surface area contributed by atoms with Crippen molar-refractivity contribution < 1.29 is 9.53 Å². The summed E-state index contributed by atoms with van der Waals surface area (Å²) in [5.41, 5.74) is 0.104. The SMILES string of the molecule is CC1(C)CC1C(=O)OCC#N. The lowest BCUT2D eigenvalue weighted by molar-refractivity contribution is -0.144. The van der Waals surface area contributed by atoms with Crippen LogP contribution >= 0.6 is 0 Å². The van der Waals surface area contributed by atoms with Gasteiger partial charge in [0.25, 0.3) is 0 Å². The third kappa shape index (κ3) is 1.70. The van der Waals surface area contributed by atoms with E-state index in [1.54, 1.807) is 6.07 Å². The van der Waals surface area contributed by atoms with Crippen molar-refractivity contribution in [2.75, 3.05) is 6.61 Å². The Bertz CT molecular complexity index is 215. The summed E-state index contributed by atoms with van der Waals surface area (Å²) < 4.78 is 4.65. The Balaban J connectivity index is 2.30. The van der Waals surface area contributed by atoms with Crippen molar-refractivity contribution in [1.29, 1.82) is 5.26 Å². The van der Waals surface area contributed by atoms with Crippen LogP contribution < -0.4 is 0 Å². The third-order valence-corrected chi connectivity index (χ3v) is 2.08. The monoisotopic (exact) mass is 153 g/mol. The molecule has 3 nitrogen and oxygen atoms in total. The molecular weight excluding hydrogens is 142 g/mol. The maximum Gasteiger partial charge on any atom is 0.310 e. The predicted molar refractivity (Wildman–Crippen MR) is 38.5 cm³/mol. The first-order valence-electron chi connectivity index (χ1n) is 3.61. The lowest BCUT2D eigenvalue weighted by atomic mass is 10.1. The van der Waals surface area contributed by atoms with Gasteiger partial charge in [0.2, 0.25) is 0 Å². The van der Waals surface area contributed by atoms with Gasteiger partial charge in [0.1, 0.15) is 6.07 Å². The molecule has 0 amide bonds. The zero-order valence-electron chi connectivity index (χ0n) is 6.76. The highest BCUT2D eigenvalue weighted by Crippen LogP contribution is 2.52. The van der Waals surface area contributed by atoms with Crippen LogP contribution in [-0.2, 0) is 9.53 Å². The van der Waals surface area contributed by atoms with Crippen LogP contribution in [0.4, 0.5) is 0 Å². The maximum absolute atomic E-state index is 11.0. The molecule has 1 saturated carbocycles. The van der Waals surface area contributed by atoms with Gasteiger partial charge in [-0.3, -0.25) is 4.79 Å². The van der Waals surface area contributed by atoms with E-state index in [9.17, 15) is 4.79 Å². The molecule has 1 fully saturated rings. The fraction of sp³-hybridized carbons (Fsp3) is 0.750. The second-order valence-electron chi connectivity index (χ2n) is 3.51. The third-order valence-electron chi connectivity index (χ3n) is 2.08. The normalized spacial score (nSPS) is 25.4. The minimum absolute atomic E-state index is 0.0239. The molecule has 11 heavy (non-hydrogen) atoms. The van der Waals surface area contributed by atoms with E-state index < -0.39 is 0 Å². The molecule has 1 atom stereocenters. The molecule has 1 aliphatic carbocycles. The molecule has 1 unspecified atom stereocenters. The number of esters is 1. The van der Waals surface area contributed by atoms with Gasteiger partial charge < -0.3 is 4.74 Å². The predicted octanol–water partition coefficient (Wildman–Crippen LogP) is 1.10. The van der Waals surface area contributed by atoms with E-state index in [4.69, 9.17) is 5.26 Å². The Labute approximate surface area is 66.0 Å². The minimum Gasteiger partial charge on any atom is -0.450 e. The first kappa shape index (κ1) is 8.06. The molecule has 0 aromatic rings. The van der Waals surface area contributed by atoms with E-state index in [-0.39, 0.29) is 23.9 Å². The molecule has 0 spiro atoms. The zero-order chi connectivity index (χ0) is 8.48. The lowest BCUT2D eigenvalue weighted by Gasteiger charge is -2.00. The Morgan fingerprint density at radius 3 is 2.73 bits per heavy atom. The highest BCUT2D eigenvalue weighted by atomic mass is 16.5. The molecule has 0 heterocycles. The fourth-order valence-corrected chi connectivity index (χ4v) is 1.07. The smallest absolute Gasteiger partial charge is 0.310 e. The molecular formula is C8H11NO2. The molecule has 0 aliphatic heterocycles. The van der Waals surface area contributed by atoms with Crippen LogP contribution in [-0.4, -0.2) is 12.6 Å². The molecule has 1 aliphatic rings. The standard InChI is InChI=1S/C8H11NO2/c1-8(2)5-6(8)7(10)11-4-3-9/h6H,4-5H2,1-2H3. The summed E-state index contributed by atoms with van der Waals surface area (Å²) in [7, 11) is 0. The van der Waals surface area contributed by atoms with Gasteiger partial charge in [-0.15, -0.1) is 0 Å². The summed E-state index contributed by atoms with van der Waals surface area (Å²) >= 11 is 0. The fourth-order valence-electron chi connectivity index (χ4n) is 1.07. The molecule has 60 valence electrons. The van der Waals surface area contributed by atoms with E-state index in [2.05, 4.69) is 4.74 Å². The highest BCUT2D eigenvalue weighted by Gasteiger charge is 2.51. The van der Waals surface area contributed by atoms with E-state index in [1.165, 1.54) is 0 Å². The molecule has 0 N–H and O–H groups in total. The molecule has 1 rings (SSSR count). The highest BCUT2D eigenvalue weighted by molar-refractivity contribution is 5.76. The quantitative estimate of drug-likeness (QED) is 0.558. The van der Waals surface area contributed by atoms with Crippen molar-refractivity contribution in [2.24, 2.45) is 11.3 Å². The molecule has 0 aromatic carbocycles. The largest absolute Gasteiger partial charge is 0.450 e. The van der Waals surface area contributed by atoms with Crippen LogP contribution in [0.2, 0.25) is 0 Å². The number of hydrogen-bond donors (Lipinski definition) is 0. The molecule has 3 heteroatoms. The summed E-state index contributed by atoms with van der Waals surface area (Å²) in [6.45, 7) is 3.92. The number of nitriles is 1. The van der Waals surface area contributed by atoms with Gasteiger partial charge in [-0.05, 0) is 11.8 Å². The van der Waals surface area contributed by atoms with E-state index in [0.717, 1.165) is 6.42 Å². The van der Waals surface area contributed by atoms with E-state index in [0.29, 0.717) is 0 Å². The summed E-state index contributed by atoms with van der Waals surface area (Å²) in [5, 5.41) is 8.12. The summed E-state index contributed by atoms with van der Waals surface area (Å²) in [4.78, 5) is 11.0. The average molecular weight is 153 g/mol. The van der Waals surface area contributed by atoms with Gasteiger partial charge in [-0.2, -0.15) is 5.26 Å². The average Bonchev–Trinajstić information content (AvgIpc) is 2.55. The topological polar surface area (TPSA) is 50.1 Å². The zero-order valence-corrected chi connectivity index (χ0v) is 6.76. The van der Waals surface area contributed by atoms with Crippen molar-refractivity contribution >= 4 is 5.97 Å².